The normalized spacial score (nSPS) is 10.8. The van der Waals surface area contributed by atoms with E-state index in [0.717, 1.165) is 11.1 Å². The summed E-state index contributed by atoms with van der Waals surface area (Å²) in [6, 6.07) is 19.7. The van der Waals surface area contributed by atoms with E-state index in [1.165, 1.54) is 6.07 Å². The lowest BCUT2D eigenvalue weighted by Gasteiger charge is -2.13. The Balaban J connectivity index is 1.68. The third kappa shape index (κ3) is 4.64. The first-order chi connectivity index (χ1) is 15.4. The number of hydrogen-bond acceptors (Lipinski definition) is 4. The number of aryl methyl sites for hydroxylation is 1. The molecule has 0 bridgehead atoms. The molecular weight excluding hydrogens is 449 g/mol. The summed E-state index contributed by atoms with van der Waals surface area (Å²) in [4.78, 5) is 25.6. The van der Waals surface area contributed by atoms with Gasteiger partial charge in [0.1, 0.15) is 5.58 Å². The molecular formula is C25H19Cl2NO4. The molecule has 4 aromatic rings. The van der Waals surface area contributed by atoms with Gasteiger partial charge in [0.05, 0.1) is 10.4 Å². The minimum atomic E-state index is -0.432. The van der Waals surface area contributed by atoms with Gasteiger partial charge in [-0.2, -0.15) is 0 Å². The molecule has 0 aliphatic heterocycles. The quantitative estimate of drug-likeness (QED) is 0.390. The van der Waals surface area contributed by atoms with Crippen molar-refractivity contribution < 1.29 is 13.9 Å². The highest BCUT2D eigenvalue weighted by atomic mass is 35.5. The number of fused-ring (bicyclic) bond motifs is 1. The van der Waals surface area contributed by atoms with Crippen LogP contribution in [0, 0.1) is 6.92 Å². The van der Waals surface area contributed by atoms with Crippen molar-refractivity contribution >= 4 is 40.1 Å². The van der Waals surface area contributed by atoms with Gasteiger partial charge in [-0.1, -0.05) is 65.7 Å². The van der Waals surface area contributed by atoms with Crippen LogP contribution in [-0.4, -0.2) is 12.5 Å². The molecule has 5 nitrogen and oxygen atoms in total. The van der Waals surface area contributed by atoms with Gasteiger partial charge in [-0.25, -0.2) is 0 Å². The molecule has 1 N–H and O–H groups in total. The smallest absolute Gasteiger partial charge is 0.258 e. The average Bonchev–Trinajstić information content (AvgIpc) is 2.79. The molecule has 32 heavy (non-hydrogen) atoms. The molecule has 162 valence electrons. The van der Waals surface area contributed by atoms with Gasteiger partial charge < -0.3 is 14.5 Å². The van der Waals surface area contributed by atoms with Crippen LogP contribution in [0.2, 0.25) is 10.0 Å². The van der Waals surface area contributed by atoms with Crippen LogP contribution in [0.1, 0.15) is 11.1 Å². The second-order valence-corrected chi connectivity index (χ2v) is 8.03. The number of halogens is 2. The van der Waals surface area contributed by atoms with Gasteiger partial charge in [-0.15, -0.1) is 0 Å². The van der Waals surface area contributed by atoms with Crippen molar-refractivity contribution in [2.24, 2.45) is 0 Å². The van der Waals surface area contributed by atoms with E-state index < -0.39 is 5.43 Å². The summed E-state index contributed by atoms with van der Waals surface area (Å²) >= 11 is 12.6. The molecule has 1 amide bonds. The Morgan fingerprint density at radius 2 is 1.72 bits per heavy atom. The highest BCUT2D eigenvalue weighted by Gasteiger charge is 2.21. The molecule has 3 aromatic carbocycles. The molecule has 0 saturated heterocycles. The standard InChI is InChI=1S/C25H19Cl2NO4/c1-15-11-21-18(12-20(15)27)23(30)25(24(32-21)17-9-5-6-10-19(17)26)31-14-22(29)28-13-16-7-3-2-4-8-16/h2-12H,13-14H2,1H3,(H,28,29). The zero-order valence-corrected chi connectivity index (χ0v) is 18.7. The van der Waals surface area contributed by atoms with E-state index in [1.54, 1.807) is 30.3 Å². The third-order valence-electron chi connectivity index (χ3n) is 4.93. The molecule has 0 fully saturated rings. The number of ether oxygens (including phenoxy) is 1. The van der Waals surface area contributed by atoms with Crippen LogP contribution in [0.3, 0.4) is 0 Å². The number of hydrogen-bond donors (Lipinski definition) is 1. The summed E-state index contributed by atoms with van der Waals surface area (Å²) in [5.41, 5.74) is 2.13. The Labute approximate surface area is 194 Å². The molecule has 4 rings (SSSR count). The lowest BCUT2D eigenvalue weighted by atomic mass is 10.1. The predicted octanol–water partition coefficient (Wildman–Crippen LogP) is 5.77. The predicted molar refractivity (Wildman–Crippen MR) is 126 cm³/mol. The number of carbonyl (C=O) groups is 1. The molecule has 0 saturated carbocycles. The minimum absolute atomic E-state index is 0.0969. The summed E-state index contributed by atoms with van der Waals surface area (Å²) in [6.07, 6.45) is 0. The van der Waals surface area contributed by atoms with Crippen molar-refractivity contribution in [1.29, 1.82) is 0 Å². The molecule has 0 aliphatic carbocycles. The fourth-order valence-corrected chi connectivity index (χ4v) is 3.62. The average molecular weight is 468 g/mol. The van der Waals surface area contributed by atoms with Crippen molar-refractivity contribution in [3.05, 3.63) is 98.1 Å². The van der Waals surface area contributed by atoms with Crippen LogP contribution in [0.15, 0.2) is 75.9 Å². The fraction of sp³-hybridized carbons (Fsp3) is 0.120. The first-order valence-electron chi connectivity index (χ1n) is 9.89. The Morgan fingerprint density at radius 3 is 2.47 bits per heavy atom. The Bertz CT molecular complexity index is 1350. The van der Waals surface area contributed by atoms with Crippen LogP contribution >= 0.6 is 23.2 Å². The van der Waals surface area contributed by atoms with Crippen LogP contribution < -0.4 is 15.5 Å². The van der Waals surface area contributed by atoms with E-state index in [1.807, 2.05) is 37.3 Å². The van der Waals surface area contributed by atoms with E-state index >= 15 is 0 Å². The molecule has 0 radical (unpaired) electrons. The van der Waals surface area contributed by atoms with Crippen LogP contribution in [-0.2, 0) is 11.3 Å². The highest BCUT2D eigenvalue weighted by molar-refractivity contribution is 6.33. The van der Waals surface area contributed by atoms with Crippen LogP contribution in [0.25, 0.3) is 22.3 Å². The SMILES string of the molecule is Cc1cc2oc(-c3ccccc3Cl)c(OCC(=O)NCc3ccccc3)c(=O)c2cc1Cl. The van der Waals surface area contributed by atoms with Crippen molar-refractivity contribution in [3.8, 4) is 17.1 Å². The zero-order valence-electron chi connectivity index (χ0n) is 17.2. The highest BCUT2D eigenvalue weighted by Crippen LogP contribution is 2.36. The van der Waals surface area contributed by atoms with E-state index in [4.69, 9.17) is 32.4 Å². The van der Waals surface area contributed by atoms with E-state index in [0.29, 0.717) is 27.7 Å². The number of amides is 1. The van der Waals surface area contributed by atoms with Gasteiger partial charge in [0, 0.05) is 17.1 Å². The van der Waals surface area contributed by atoms with Crippen molar-refractivity contribution in [3.63, 3.8) is 0 Å². The minimum Gasteiger partial charge on any atom is -0.476 e. The fourth-order valence-electron chi connectivity index (χ4n) is 3.24. The summed E-state index contributed by atoms with van der Waals surface area (Å²) in [5.74, 6) is -0.313. The van der Waals surface area contributed by atoms with E-state index in [-0.39, 0.29) is 29.4 Å². The topological polar surface area (TPSA) is 68.5 Å². The second kappa shape index (κ2) is 9.47. The molecule has 7 heteroatoms. The summed E-state index contributed by atoms with van der Waals surface area (Å²) in [6.45, 7) is 1.81. The summed E-state index contributed by atoms with van der Waals surface area (Å²) in [5, 5.41) is 3.85. The van der Waals surface area contributed by atoms with Gasteiger partial charge in [-0.3, -0.25) is 9.59 Å². The van der Waals surface area contributed by atoms with Crippen molar-refractivity contribution in [2.75, 3.05) is 6.61 Å². The van der Waals surface area contributed by atoms with Crippen LogP contribution in [0.5, 0.6) is 5.75 Å². The first kappa shape index (κ1) is 21.9. The number of rotatable bonds is 6. The maximum Gasteiger partial charge on any atom is 0.258 e. The largest absolute Gasteiger partial charge is 0.476 e. The molecule has 0 spiro atoms. The van der Waals surface area contributed by atoms with E-state index in [9.17, 15) is 9.59 Å². The van der Waals surface area contributed by atoms with Crippen LogP contribution in [0.4, 0.5) is 0 Å². The Morgan fingerprint density at radius 1 is 1.00 bits per heavy atom. The van der Waals surface area contributed by atoms with Gasteiger partial charge in [0.15, 0.2) is 12.4 Å². The summed E-state index contributed by atoms with van der Waals surface area (Å²) in [7, 11) is 0. The lowest BCUT2D eigenvalue weighted by Crippen LogP contribution is -2.29. The maximum atomic E-state index is 13.3. The number of carbonyl (C=O) groups excluding carboxylic acids is 1. The summed E-state index contributed by atoms with van der Waals surface area (Å²) < 4.78 is 11.7. The van der Waals surface area contributed by atoms with Crippen molar-refractivity contribution in [1.82, 2.24) is 5.32 Å². The molecule has 0 aliphatic rings. The second-order valence-electron chi connectivity index (χ2n) is 7.22. The monoisotopic (exact) mass is 467 g/mol. The van der Waals surface area contributed by atoms with E-state index in [2.05, 4.69) is 5.32 Å². The molecule has 0 atom stereocenters. The van der Waals surface area contributed by atoms with Gasteiger partial charge in [-0.05, 0) is 42.3 Å². The number of benzene rings is 3. The third-order valence-corrected chi connectivity index (χ3v) is 5.67. The van der Waals surface area contributed by atoms with Gasteiger partial charge in [0.25, 0.3) is 5.91 Å². The zero-order chi connectivity index (χ0) is 22.7. The Kier molecular flexibility index (Phi) is 6.49. The first-order valence-corrected chi connectivity index (χ1v) is 10.6. The van der Waals surface area contributed by atoms with Crippen molar-refractivity contribution in [2.45, 2.75) is 13.5 Å². The lowest BCUT2D eigenvalue weighted by molar-refractivity contribution is -0.123. The Hall–Kier alpha value is -3.28. The molecule has 0 unspecified atom stereocenters. The van der Waals surface area contributed by atoms with Gasteiger partial charge >= 0.3 is 0 Å². The molecule has 1 aromatic heterocycles. The maximum absolute atomic E-state index is 13.3. The molecule has 1 heterocycles. The van der Waals surface area contributed by atoms with Gasteiger partial charge in [0.2, 0.25) is 11.2 Å². The number of nitrogens with one attached hydrogen (secondary N) is 1.